The van der Waals surface area contributed by atoms with Crippen LogP contribution < -0.4 is 10.6 Å². The van der Waals surface area contributed by atoms with Crippen LogP contribution in [0, 0.1) is 0 Å². The molecule has 2 aromatic carbocycles. The van der Waals surface area contributed by atoms with Crippen LogP contribution in [0.5, 0.6) is 0 Å². The van der Waals surface area contributed by atoms with Crippen LogP contribution in [-0.4, -0.2) is 25.3 Å². The van der Waals surface area contributed by atoms with Crippen molar-refractivity contribution in [2.24, 2.45) is 5.73 Å². The van der Waals surface area contributed by atoms with Crippen molar-refractivity contribution in [2.75, 3.05) is 18.1 Å². The first-order valence-electron chi connectivity index (χ1n) is 11.7. The first kappa shape index (κ1) is 29.6. The fourth-order valence-corrected chi connectivity index (χ4v) is 4.87. The monoisotopic (exact) mass is 556 g/mol. The topological polar surface area (TPSA) is 55.6 Å². The van der Waals surface area contributed by atoms with E-state index in [1.165, 1.54) is 11.8 Å². The first-order chi connectivity index (χ1) is 17.5. The van der Waals surface area contributed by atoms with Gasteiger partial charge >= 0.3 is 24.6 Å². The van der Waals surface area contributed by atoms with Crippen LogP contribution in [0.4, 0.5) is 50.0 Å². The largest absolute Gasteiger partial charge is 0.449 e. The van der Waals surface area contributed by atoms with Crippen molar-refractivity contribution >= 4 is 11.8 Å². The summed E-state index contributed by atoms with van der Waals surface area (Å²) >= 11 is 0. The lowest BCUT2D eigenvalue weighted by molar-refractivity contribution is -0.143. The zero-order chi connectivity index (χ0) is 28.6. The highest BCUT2D eigenvalue weighted by Crippen LogP contribution is 2.49. The predicted molar refractivity (Wildman–Crippen MR) is 121 cm³/mol. The molecule has 210 valence electrons. The molecule has 2 aromatic rings. The van der Waals surface area contributed by atoms with E-state index >= 15 is 0 Å². The van der Waals surface area contributed by atoms with E-state index in [-0.39, 0.29) is 36.8 Å². The molecule has 1 aliphatic rings. The first-order valence-corrected chi connectivity index (χ1v) is 11.7. The zero-order valence-corrected chi connectivity index (χ0v) is 20.3. The molecular weight excluding hydrogens is 531 g/mol. The molecule has 0 saturated carbocycles. The van der Waals surface area contributed by atoms with Crippen LogP contribution in [0.15, 0.2) is 36.4 Å². The molecule has 38 heavy (non-hydrogen) atoms. The maximum absolute atomic E-state index is 13.6. The van der Waals surface area contributed by atoms with Gasteiger partial charge in [-0.3, -0.25) is 4.90 Å². The molecule has 0 saturated heterocycles. The fraction of sp³-hybridized carbons (Fsp3) is 0.480. The quantitative estimate of drug-likeness (QED) is 0.384. The van der Waals surface area contributed by atoms with E-state index in [1.54, 1.807) is 6.92 Å². The Morgan fingerprint density at radius 1 is 0.921 bits per heavy atom. The highest BCUT2D eigenvalue weighted by atomic mass is 19.4. The number of ether oxygens (including phenoxy) is 1. The second kappa shape index (κ2) is 10.7. The molecule has 3 atom stereocenters. The lowest BCUT2D eigenvalue weighted by Gasteiger charge is -2.43. The molecule has 13 heteroatoms. The lowest BCUT2D eigenvalue weighted by atomic mass is 9.73. The smallest absolute Gasteiger partial charge is 0.416 e. The average molecular weight is 556 g/mol. The van der Waals surface area contributed by atoms with Crippen molar-refractivity contribution < 1.29 is 49.0 Å². The molecule has 1 heterocycles. The minimum Gasteiger partial charge on any atom is -0.449 e. The van der Waals surface area contributed by atoms with Gasteiger partial charge in [0.05, 0.1) is 29.0 Å². The third-order valence-corrected chi connectivity index (χ3v) is 6.62. The van der Waals surface area contributed by atoms with Crippen molar-refractivity contribution in [2.45, 2.75) is 63.1 Å². The number of amides is 1. The van der Waals surface area contributed by atoms with Gasteiger partial charge in [0.25, 0.3) is 0 Å². The van der Waals surface area contributed by atoms with Crippen molar-refractivity contribution in [1.82, 2.24) is 0 Å². The minimum atomic E-state index is -5.12. The van der Waals surface area contributed by atoms with Gasteiger partial charge in [-0.15, -0.1) is 0 Å². The molecule has 0 spiro atoms. The summed E-state index contributed by atoms with van der Waals surface area (Å²) in [6.07, 6.45) is -15.6. The molecule has 3 unspecified atom stereocenters. The van der Waals surface area contributed by atoms with Gasteiger partial charge < -0.3 is 10.5 Å². The van der Waals surface area contributed by atoms with E-state index in [0.29, 0.717) is 12.1 Å². The van der Waals surface area contributed by atoms with Gasteiger partial charge in [-0.25, -0.2) is 4.79 Å². The van der Waals surface area contributed by atoms with E-state index < -0.39 is 71.3 Å². The van der Waals surface area contributed by atoms with Crippen molar-refractivity contribution in [3.05, 3.63) is 64.2 Å². The maximum atomic E-state index is 13.6. The molecule has 2 N–H and O–H groups in total. The van der Waals surface area contributed by atoms with E-state index in [9.17, 15) is 44.3 Å². The van der Waals surface area contributed by atoms with Crippen LogP contribution in [0.25, 0.3) is 0 Å². The summed E-state index contributed by atoms with van der Waals surface area (Å²) in [5, 5.41) is 0. The summed E-state index contributed by atoms with van der Waals surface area (Å²) < 4.78 is 127. The SMILES string of the molecule is CCOC(=O)N1c2ccc(C(F)(F)F)cc2C(C(CN)c2cc(C(F)(F)F)cc(C(F)(F)F)c2)CC1CC. The average Bonchev–Trinajstić information content (AvgIpc) is 2.82. The van der Waals surface area contributed by atoms with Crippen LogP contribution in [0.1, 0.15) is 66.3 Å². The number of hydrogen-bond acceptors (Lipinski definition) is 3. The maximum Gasteiger partial charge on any atom is 0.416 e. The van der Waals surface area contributed by atoms with E-state index in [4.69, 9.17) is 10.5 Å². The summed E-state index contributed by atoms with van der Waals surface area (Å²) in [6.45, 7) is 2.73. The van der Waals surface area contributed by atoms with Gasteiger partial charge in [0.1, 0.15) is 0 Å². The molecule has 0 aliphatic carbocycles. The number of nitrogens with two attached hydrogens (primary N) is 1. The van der Waals surface area contributed by atoms with E-state index in [2.05, 4.69) is 0 Å². The normalized spacial score (nSPS) is 19.2. The standard InChI is InChI=1S/C25H25F9N2O2/c1-3-17-11-18(19-10-14(23(26,27)28)5-6-21(19)36(17)22(37)38-4-2)20(12-35)13-7-15(24(29,30)31)9-16(8-13)25(32,33)34/h5-10,17-18,20H,3-4,11-12,35H2,1-2H3. The summed E-state index contributed by atoms with van der Waals surface area (Å²) in [6, 6.07) is 2.97. The molecule has 0 aromatic heterocycles. The zero-order valence-electron chi connectivity index (χ0n) is 20.3. The van der Waals surface area contributed by atoms with Gasteiger partial charge in [0.15, 0.2) is 0 Å². The van der Waals surface area contributed by atoms with Crippen molar-refractivity contribution in [3.63, 3.8) is 0 Å². The number of rotatable bonds is 5. The Morgan fingerprint density at radius 3 is 1.92 bits per heavy atom. The number of halogens is 9. The summed E-state index contributed by atoms with van der Waals surface area (Å²) in [7, 11) is 0. The number of benzene rings is 2. The van der Waals surface area contributed by atoms with Crippen LogP contribution in [0.3, 0.4) is 0 Å². The fourth-order valence-electron chi connectivity index (χ4n) is 4.87. The molecule has 4 nitrogen and oxygen atoms in total. The van der Waals surface area contributed by atoms with Crippen molar-refractivity contribution in [3.8, 4) is 0 Å². The number of alkyl halides is 9. The molecule has 3 rings (SSSR count). The van der Waals surface area contributed by atoms with Crippen LogP contribution in [0.2, 0.25) is 0 Å². The Kier molecular flexibility index (Phi) is 8.30. The second-order valence-corrected chi connectivity index (χ2v) is 8.93. The minimum absolute atomic E-state index is 0.0228. The third-order valence-electron chi connectivity index (χ3n) is 6.62. The Morgan fingerprint density at radius 2 is 1.47 bits per heavy atom. The molecule has 1 amide bonds. The highest BCUT2D eigenvalue weighted by molar-refractivity contribution is 5.90. The second-order valence-electron chi connectivity index (χ2n) is 8.93. The Bertz CT molecular complexity index is 1130. The number of anilines is 1. The van der Waals surface area contributed by atoms with E-state index in [0.717, 1.165) is 18.2 Å². The molecule has 0 radical (unpaired) electrons. The number of hydrogen-bond donors (Lipinski definition) is 1. The number of carbonyl (C=O) groups is 1. The molecular formula is C25H25F9N2O2. The summed E-state index contributed by atoms with van der Waals surface area (Å²) in [5.74, 6) is -2.25. The van der Waals surface area contributed by atoms with Gasteiger partial charge in [-0.1, -0.05) is 6.92 Å². The van der Waals surface area contributed by atoms with Gasteiger partial charge in [0.2, 0.25) is 0 Å². The molecule has 0 fully saturated rings. The summed E-state index contributed by atoms with van der Waals surface area (Å²) in [4.78, 5) is 13.9. The number of nitrogens with zero attached hydrogens (tertiary/aromatic N) is 1. The highest BCUT2D eigenvalue weighted by Gasteiger charge is 2.43. The van der Waals surface area contributed by atoms with Crippen LogP contribution in [-0.2, 0) is 23.3 Å². The molecule has 1 aliphatic heterocycles. The summed E-state index contributed by atoms with van der Waals surface area (Å²) in [5.41, 5.74) is 1.22. The molecule has 0 bridgehead atoms. The van der Waals surface area contributed by atoms with Gasteiger partial charge in [-0.05, 0) is 79.8 Å². The van der Waals surface area contributed by atoms with Gasteiger partial charge in [0, 0.05) is 12.0 Å². The number of carbonyl (C=O) groups excluding carboxylic acids is 1. The number of fused-ring (bicyclic) bond motifs is 1. The van der Waals surface area contributed by atoms with Gasteiger partial charge in [-0.2, -0.15) is 39.5 Å². The Labute approximate surface area is 212 Å². The lowest BCUT2D eigenvalue weighted by Crippen LogP contribution is -2.46. The Balaban J connectivity index is 2.27. The third kappa shape index (κ3) is 6.02. The Hall–Kier alpha value is -2.96. The predicted octanol–water partition coefficient (Wildman–Crippen LogP) is 7.71. The van der Waals surface area contributed by atoms with Crippen molar-refractivity contribution in [1.29, 1.82) is 0 Å². The van der Waals surface area contributed by atoms with Crippen LogP contribution >= 0.6 is 0 Å². The van der Waals surface area contributed by atoms with E-state index in [1.807, 2.05) is 0 Å².